The molecule has 0 saturated carbocycles. The Morgan fingerprint density at radius 2 is 1.67 bits per heavy atom. The summed E-state index contributed by atoms with van der Waals surface area (Å²) >= 11 is 0. The lowest BCUT2D eigenvalue weighted by Gasteiger charge is -2.42. The molecule has 33 heavy (non-hydrogen) atoms. The van der Waals surface area contributed by atoms with E-state index in [1.165, 1.54) is 13.8 Å². The van der Waals surface area contributed by atoms with Crippen LogP contribution < -0.4 is 5.32 Å². The lowest BCUT2D eigenvalue weighted by molar-refractivity contribution is -0.286. The smallest absolute Gasteiger partial charge is 0.303 e. The quantitative estimate of drug-likeness (QED) is 0.223. The van der Waals surface area contributed by atoms with Gasteiger partial charge in [0, 0.05) is 45.9 Å². The average molecular weight is 476 g/mol. The van der Waals surface area contributed by atoms with Crippen molar-refractivity contribution in [2.45, 2.75) is 96.7 Å². The Morgan fingerprint density at radius 1 is 0.970 bits per heavy atom. The largest absolute Gasteiger partial charge is 0.463 e. The molecule has 1 saturated heterocycles. The molecule has 1 heterocycles. The van der Waals surface area contributed by atoms with Crippen molar-refractivity contribution < 1.29 is 43.5 Å². The Hall–Kier alpha value is -1.75. The van der Waals surface area contributed by atoms with Crippen LogP contribution in [0.15, 0.2) is 0 Å². The fourth-order valence-electron chi connectivity index (χ4n) is 3.59. The Bertz CT molecular complexity index is 586. The van der Waals surface area contributed by atoms with Gasteiger partial charge in [-0.05, 0) is 25.7 Å². The number of nitrogens with one attached hydrogen (secondary N) is 1. The van der Waals surface area contributed by atoms with Crippen LogP contribution in [0.25, 0.3) is 0 Å². The maximum Gasteiger partial charge on any atom is 0.303 e. The van der Waals surface area contributed by atoms with Gasteiger partial charge in [0.15, 0.2) is 12.4 Å². The lowest BCUT2D eigenvalue weighted by atomic mass is 9.92. The SMILES string of the molecule is CC(=O)OCC1OC(OCCCCCC(=O)NCCCCCCO)C(C)C(O)C1OC(C)=O. The Labute approximate surface area is 196 Å². The number of aliphatic hydroxyl groups is 2. The number of hydrogen-bond acceptors (Lipinski definition) is 9. The van der Waals surface area contributed by atoms with E-state index < -0.39 is 42.5 Å². The summed E-state index contributed by atoms with van der Waals surface area (Å²) in [5.74, 6) is -1.48. The van der Waals surface area contributed by atoms with Crippen molar-refractivity contribution in [2.24, 2.45) is 5.92 Å². The highest BCUT2D eigenvalue weighted by Crippen LogP contribution is 2.29. The highest BCUT2D eigenvalue weighted by Gasteiger charge is 2.46. The van der Waals surface area contributed by atoms with E-state index in [0.29, 0.717) is 19.6 Å². The number of hydrogen-bond donors (Lipinski definition) is 3. The van der Waals surface area contributed by atoms with Crippen molar-refractivity contribution in [2.75, 3.05) is 26.4 Å². The van der Waals surface area contributed by atoms with E-state index in [0.717, 1.165) is 44.9 Å². The van der Waals surface area contributed by atoms with E-state index in [2.05, 4.69) is 5.32 Å². The van der Waals surface area contributed by atoms with Crippen LogP contribution in [0.4, 0.5) is 0 Å². The van der Waals surface area contributed by atoms with Gasteiger partial charge in [0.05, 0.1) is 0 Å². The number of carbonyl (C=O) groups is 3. The van der Waals surface area contributed by atoms with Crippen molar-refractivity contribution in [3.63, 3.8) is 0 Å². The molecule has 0 spiro atoms. The molecule has 0 aromatic carbocycles. The van der Waals surface area contributed by atoms with Gasteiger partial charge in [-0.3, -0.25) is 14.4 Å². The highest BCUT2D eigenvalue weighted by molar-refractivity contribution is 5.75. The summed E-state index contributed by atoms with van der Waals surface area (Å²) < 4.78 is 21.8. The minimum atomic E-state index is -1.03. The minimum absolute atomic E-state index is 0.0373. The summed E-state index contributed by atoms with van der Waals surface area (Å²) in [6.45, 7) is 5.34. The molecule has 1 aliphatic rings. The third-order valence-electron chi connectivity index (χ3n) is 5.47. The van der Waals surface area contributed by atoms with Gasteiger partial charge in [0.25, 0.3) is 0 Å². The molecule has 10 heteroatoms. The molecule has 1 rings (SSSR count). The van der Waals surface area contributed by atoms with Gasteiger partial charge in [0.2, 0.25) is 5.91 Å². The van der Waals surface area contributed by atoms with Crippen molar-refractivity contribution in [3.05, 3.63) is 0 Å². The fraction of sp³-hybridized carbons (Fsp3) is 0.870. The first-order valence-corrected chi connectivity index (χ1v) is 11.9. The number of esters is 2. The van der Waals surface area contributed by atoms with E-state index >= 15 is 0 Å². The number of carbonyl (C=O) groups excluding carboxylic acids is 3. The van der Waals surface area contributed by atoms with Crippen LogP contribution in [0.5, 0.6) is 0 Å². The topological polar surface area (TPSA) is 141 Å². The summed E-state index contributed by atoms with van der Waals surface area (Å²) in [6, 6.07) is 0. The highest BCUT2D eigenvalue weighted by atomic mass is 16.7. The summed E-state index contributed by atoms with van der Waals surface area (Å²) in [5.41, 5.74) is 0. The number of aliphatic hydroxyl groups excluding tert-OH is 2. The van der Waals surface area contributed by atoms with Crippen molar-refractivity contribution >= 4 is 17.8 Å². The maximum atomic E-state index is 11.8. The summed E-state index contributed by atoms with van der Waals surface area (Å²) in [6.07, 6.45) is 2.88. The molecule has 192 valence electrons. The van der Waals surface area contributed by atoms with Gasteiger partial charge in [0.1, 0.15) is 18.8 Å². The number of amides is 1. The minimum Gasteiger partial charge on any atom is -0.463 e. The molecule has 0 radical (unpaired) electrons. The van der Waals surface area contributed by atoms with Gasteiger partial charge in [-0.1, -0.05) is 26.2 Å². The van der Waals surface area contributed by atoms with Gasteiger partial charge in [-0.25, -0.2) is 0 Å². The standard InChI is InChI=1S/C23H41NO9/c1-16-21(29)22(32-18(3)27)19(15-31-17(2)26)33-23(16)30-14-10-6-7-11-20(28)24-12-8-4-5-9-13-25/h16,19,21-23,25,29H,4-15H2,1-3H3,(H,24,28). The third kappa shape index (κ3) is 12.3. The number of ether oxygens (including phenoxy) is 4. The summed E-state index contributed by atoms with van der Waals surface area (Å²) in [7, 11) is 0. The summed E-state index contributed by atoms with van der Waals surface area (Å²) in [4.78, 5) is 34.4. The Morgan fingerprint density at radius 3 is 2.33 bits per heavy atom. The predicted octanol–water partition coefficient (Wildman–Crippen LogP) is 1.45. The first-order chi connectivity index (χ1) is 15.8. The molecule has 5 unspecified atom stereocenters. The molecule has 0 aromatic rings. The molecule has 0 bridgehead atoms. The van der Waals surface area contributed by atoms with Gasteiger partial charge >= 0.3 is 11.9 Å². The van der Waals surface area contributed by atoms with Crippen LogP contribution in [0.1, 0.15) is 72.1 Å². The van der Waals surface area contributed by atoms with Crippen LogP contribution >= 0.6 is 0 Å². The van der Waals surface area contributed by atoms with Crippen LogP contribution in [0.3, 0.4) is 0 Å². The monoisotopic (exact) mass is 475 g/mol. The zero-order valence-electron chi connectivity index (χ0n) is 20.1. The first kappa shape index (κ1) is 29.3. The van der Waals surface area contributed by atoms with Crippen LogP contribution in [-0.4, -0.2) is 79.0 Å². The molecular weight excluding hydrogens is 434 g/mol. The molecule has 10 nitrogen and oxygen atoms in total. The molecule has 1 amide bonds. The third-order valence-corrected chi connectivity index (χ3v) is 5.47. The predicted molar refractivity (Wildman–Crippen MR) is 119 cm³/mol. The second kappa shape index (κ2) is 16.8. The fourth-order valence-corrected chi connectivity index (χ4v) is 3.59. The van der Waals surface area contributed by atoms with E-state index in [-0.39, 0.29) is 19.1 Å². The average Bonchev–Trinajstić information content (AvgIpc) is 2.76. The van der Waals surface area contributed by atoms with Crippen molar-refractivity contribution in [3.8, 4) is 0 Å². The second-order valence-electron chi connectivity index (χ2n) is 8.44. The zero-order chi connectivity index (χ0) is 24.6. The molecule has 1 fully saturated rings. The lowest BCUT2D eigenvalue weighted by Crippen LogP contribution is -2.57. The molecule has 0 aliphatic carbocycles. The second-order valence-corrected chi connectivity index (χ2v) is 8.44. The zero-order valence-corrected chi connectivity index (χ0v) is 20.1. The number of rotatable bonds is 16. The first-order valence-electron chi connectivity index (χ1n) is 11.9. The van der Waals surface area contributed by atoms with Crippen LogP contribution in [-0.2, 0) is 33.3 Å². The molecule has 0 aromatic heterocycles. The summed E-state index contributed by atoms with van der Waals surface area (Å²) in [5, 5.41) is 22.2. The van der Waals surface area contributed by atoms with E-state index in [1.54, 1.807) is 6.92 Å². The molecule has 3 N–H and O–H groups in total. The molecule has 1 aliphatic heterocycles. The van der Waals surface area contributed by atoms with Crippen LogP contribution in [0, 0.1) is 5.92 Å². The van der Waals surface area contributed by atoms with E-state index in [9.17, 15) is 19.5 Å². The maximum absolute atomic E-state index is 11.8. The Balaban J connectivity index is 2.29. The molecule has 5 atom stereocenters. The van der Waals surface area contributed by atoms with Gasteiger partial charge < -0.3 is 34.5 Å². The van der Waals surface area contributed by atoms with Crippen LogP contribution in [0.2, 0.25) is 0 Å². The van der Waals surface area contributed by atoms with E-state index in [4.69, 9.17) is 24.1 Å². The normalized spacial score (nSPS) is 24.8. The number of unbranched alkanes of at least 4 members (excludes halogenated alkanes) is 5. The van der Waals surface area contributed by atoms with Gasteiger partial charge in [-0.15, -0.1) is 0 Å². The van der Waals surface area contributed by atoms with Crippen molar-refractivity contribution in [1.29, 1.82) is 0 Å². The van der Waals surface area contributed by atoms with Gasteiger partial charge in [-0.2, -0.15) is 0 Å². The Kier molecular flexibility index (Phi) is 14.9. The van der Waals surface area contributed by atoms with Crippen molar-refractivity contribution in [1.82, 2.24) is 5.32 Å². The molecular formula is C23H41NO9. The van der Waals surface area contributed by atoms with E-state index in [1.807, 2.05) is 0 Å².